The van der Waals surface area contributed by atoms with E-state index in [1.54, 1.807) is 0 Å². The molecule has 0 unspecified atom stereocenters. The zero-order chi connectivity index (χ0) is 12.4. The highest BCUT2D eigenvalue weighted by Crippen LogP contribution is 2.35. The average Bonchev–Trinajstić information content (AvgIpc) is 3.12. The molecule has 0 aliphatic carbocycles. The summed E-state index contributed by atoms with van der Waals surface area (Å²) in [5.41, 5.74) is 2.74. The van der Waals surface area contributed by atoms with Crippen LogP contribution in [-0.2, 0) is 5.41 Å². The van der Waals surface area contributed by atoms with Crippen LogP contribution < -0.4 is 0 Å². The molecule has 3 rings (SSSR count). The summed E-state index contributed by atoms with van der Waals surface area (Å²) >= 11 is 0. The first kappa shape index (κ1) is 10.8. The summed E-state index contributed by atoms with van der Waals surface area (Å²) in [5.74, 6) is 0. The summed E-state index contributed by atoms with van der Waals surface area (Å²) in [6.45, 7) is 2.13. The number of rotatable bonds is 3. The topological polar surface area (TPSA) is 57.4 Å². The summed E-state index contributed by atoms with van der Waals surface area (Å²) in [5, 5.41) is 14.4. The molecule has 1 aromatic carbocycles. The zero-order valence-electron chi connectivity index (χ0n) is 10.1. The van der Waals surface area contributed by atoms with Gasteiger partial charge in [0.2, 0.25) is 0 Å². The number of nitrogens with zero attached hydrogens (tertiary/aromatic N) is 2. The Hall–Kier alpha value is -2.36. The molecule has 0 saturated carbocycles. The lowest BCUT2D eigenvalue weighted by molar-refractivity contribution is 0.635. The van der Waals surface area contributed by atoms with Crippen LogP contribution in [0.15, 0.2) is 54.9 Å². The second-order valence-corrected chi connectivity index (χ2v) is 4.41. The van der Waals surface area contributed by atoms with E-state index in [4.69, 9.17) is 0 Å². The number of aromatic nitrogens is 4. The molecule has 0 radical (unpaired) electrons. The average molecular weight is 238 g/mol. The van der Waals surface area contributed by atoms with Crippen LogP contribution in [0.3, 0.4) is 0 Å². The Morgan fingerprint density at radius 1 is 0.833 bits per heavy atom. The van der Waals surface area contributed by atoms with E-state index in [-0.39, 0.29) is 5.41 Å². The lowest BCUT2D eigenvalue weighted by Gasteiger charge is -2.26. The first-order valence-corrected chi connectivity index (χ1v) is 5.88. The van der Waals surface area contributed by atoms with Gasteiger partial charge in [0.15, 0.2) is 0 Å². The Kier molecular flexibility index (Phi) is 2.48. The van der Waals surface area contributed by atoms with E-state index in [0.29, 0.717) is 0 Å². The molecular weight excluding hydrogens is 224 g/mol. The van der Waals surface area contributed by atoms with Crippen LogP contribution in [0.25, 0.3) is 0 Å². The van der Waals surface area contributed by atoms with Gasteiger partial charge in [-0.15, -0.1) is 0 Å². The van der Waals surface area contributed by atoms with E-state index in [1.165, 1.54) is 5.56 Å². The van der Waals surface area contributed by atoms with Crippen molar-refractivity contribution >= 4 is 0 Å². The lowest BCUT2D eigenvalue weighted by Crippen LogP contribution is -2.26. The van der Waals surface area contributed by atoms with E-state index >= 15 is 0 Å². The molecule has 2 aromatic heterocycles. The van der Waals surface area contributed by atoms with E-state index in [1.807, 2.05) is 42.7 Å². The first-order chi connectivity index (χ1) is 8.82. The van der Waals surface area contributed by atoms with Crippen molar-refractivity contribution < 1.29 is 0 Å². The Morgan fingerprint density at radius 3 is 1.83 bits per heavy atom. The van der Waals surface area contributed by atoms with Crippen molar-refractivity contribution in [3.8, 4) is 0 Å². The van der Waals surface area contributed by atoms with E-state index in [0.717, 1.165) is 11.4 Å². The van der Waals surface area contributed by atoms with Crippen LogP contribution in [0, 0.1) is 0 Å². The van der Waals surface area contributed by atoms with Crippen LogP contribution in [0.4, 0.5) is 0 Å². The van der Waals surface area contributed by atoms with E-state index < -0.39 is 0 Å². The maximum absolute atomic E-state index is 4.34. The molecule has 4 nitrogen and oxygen atoms in total. The fourth-order valence-electron chi connectivity index (χ4n) is 2.28. The van der Waals surface area contributed by atoms with Crippen molar-refractivity contribution in [2.75, 3.05) is 0 Å². The van der Waals surface area contributed by atoms with Crippen molar-refractivity contribution in [1.82, 2.24) is 20.4 Å². The maximum Gasteiger partial charge on any atom is 0.0804 e. The molecule has 0 fully saturated rings. The van der Waals surface area contributed by atoms with Crippen molar-refractivity contribution in [2.45, 2.75) is 12.3 Å². The first-order valence-electron chi connectivity index (χ1n) is 5.88. The van der Waals surface area contributed by atoms with Crippen molar-refractivity contribution in [1.29, 1.82) is 0 Å². The SMILES string of the molecule is CC(c1ccccc1)(c1cc[nH]n1)c1cc[nH]n1. The minimum Gasteiger partial charge on any atom is -0.285 e. The zero-order valence-corrected chi connectivity index (χ0v) is 10.1. The van der Waals surface area contributed by atoms with Gasteiger partial charge in [-0.25, -0.2) is 0 Å². The van der Waals surface area contributed by atoms with Gasteiger partial charge in [-0.05, 0) is 24.6 Å². The van der Waals surface area contributed by atoms with E-state index in [2.05, 4.69) is 39.5 Å². The molecule has 0 aliphatic rings. The normalized spacial score (nSPS) is 11.6. The van der Waals surface area contributed by atoms with Gasteiger partial charge in [0.05, 0.1) is 16.8 Å². The van der Waals surface area contributed by atoms with Crippen LogP contribution in [0.2, 0.25) is 0 Å². The minimum absolute atomic E-state index is 0.346. The third kappa shape index (κ3) is 1.54. The predicted molar refractivity (Wildman–Crippen MR) is 69.2 cm³/mol. The Morgan fingerprint density at radius 2 is 1.39 bits per heavy atom. The van der Waals surface area contributed by atoms with Crippen LogP contribution in [0.5, 0.6) is 0 Å². The predicted octanol–water partition coefficient (Wildman–Crippen LogP) is 2.49. The molecule has 18 heavy (non-hydrogen) atoms. The molecule has 4 heteroatoms. The molecule has 0 spiro atoms. The highest BCUT2D eigenvalue weighted by Gasteiger charge is 2.34. The van der Waals surface area contributed by atoms with E-state index in [9.17, 15) is 0 Å². The molecule has 0 atom stereocenters. The number of aromatic amines is 2. The molecule has 0 bridgehead atoms. The largest absolute Gasteiger partial charge is 0.285 e. The third-order valence-electron chi connectivity index (χ3n) is 3.38. The second-order valence-electron chi connectivity index (χ2n) is 4.41. The molecule has 2 N–H and O–H groups in total. The Balaban J connectivity index is 2.22. The Labute approximate surface area is 105 Å². The molecule has 3 aromatic rings. The number of nitrogens with one attached hydrogen (secondary N) is 2. The second kappa shape index (κ2) is 4.14. The van der Waals surface area contributed by atoms with Gasteiger partial charge in [-0.1, -0.05) is 30.3 Å². The number of hydrogen-bond acceptors (Lipinski definition) is 2. The maximum atomic E-state index is 4.34. The summed E-state index contributed by atoms with van der Waals surface area (Å²) < 4.78 is 0. The van der Waals surface area contributed by atoms with Crippen LogP contribution in [0.1, 0.15) is 23.9 Å². The summed E-state index contributed by atoms with van der Waals surface area (Å²) in [7, 11) is 0. The molecular formula is C14H14N4. The van der Waals surface area contributed by atoms with Gasteiger partial charge in [0.1, 0.15) is 0 Å². The van der Waals surface area contributed by atoms with Gasteiger partial charge in [-0.3, -0.25) is 10.2 Å². The fraction of sp³-hybridized carbons (Fsp3) is 0.143. The van der Waals surface area contributed by atoms with Gasteiger partial charge in [0, 0.05) is 12.4 Å². The third-order valence-corrected chi connectivity index (χ3v) is 3.38. The van der Waals surface area contributed by atoms with Gasteiger partial charge >= 0.3 is 0 Å². The molecule has 0 saturated heterocycles. The quantitative estimate of drug-likeness (QED) is 0.736. The molecule has 2 heterocycles. The van der Waals surface area contributed by atoms with Crippen molar-refractivity contribution in [3.63, 3.8) is 0 Å². The standard InChI is InChI=1S/C14H14N4/c1-14(12-7-9-15-17-12,13-8-10-16-18-13)11-5-3-2-4-6-11/h2-10H,1H3,(H,15,17)(H,16,18). The summed E-state index contributed by atoms with van der Waals surface area (Å²) in [6.07, 6.45) is 3.67. The fourth-order valence-corrected chi connectivity index (χ4v) is 2.28. The summed E-state index contributed by atoms with van der Waals surface area (Å²) in [6, 6.07) is 14.3. The molecule has 0 aliphatic heterocycles. The number of benzene rings is 1. The molecule has 0 amide bonds. The van der Waals surface area contributed by atoms with Gasteiger partial charge < -0.3 is 0 Å². The summed E-state index contributed by atoms with van der Waals surface area (Å²) in [4.78, 5) is 0. The monoisotopic (exact) mass is 238 g/mol. The van der Waals surface area contributed by atoms with Crippen molar-refractivity contribution in [3.05, 3.63) is 71.8 Å². The number of H-pyrrole nitrogens is 2. The lowest BCUT2D eigenvalue weighted by atomic mass is 9.77. The number of hydrogen-bond donors (Lipinski definition) is 2. The van der Waals surface area contributed by atoms with Crippen molar-refractivity contribution in [2.24, 2.45) is 0 Å². The van der Waals surface area contributed by atoms with Crippen LogP contribution in [-0.4, -0.2) is 20.4 Å². The minimum atomic E-state index is -0.346. The highest BCUT2D eigenvalue weighted by atomic mass is 15.1. The smallest absolute Gasteiger partial charge is 0.0804 e. The van der Waals surface area contributed by atoms with Gasteiger partial charge in [0.25, 0.3) is 0 Å². The van der Waals surface area contributed by atoms with Gasteiger partial charge in [-0.2, -0.15) is 10.2 Å². The highest BCUT2D eigenvalue weighted by molar-refractivity contribution is 5.43. The van der Waals surface area contributed by atoms with Crippen LogP contribution >= 0.6 is 0 Å². The Bertz CT molecular complexity index is 562. The molecule has 90 valence electrons.